The first-order chi connectivity index (χ1) is 12.4. The molecule has 6 nitrogen and oxygen atoms in total. The number of hydrogen-bond donors (Lipinski definition) is 1. The number of amides is 1. The van der Waals surface area contributed by atoms with Crippen molar-refractivity contribution in [1.82, 2.24) is 0 Å². The Morgan fingerprint density at radius 1 is 1.00 bits per heavy atom. The molecule has 0 bridgehead atoms. The van der Waals surface area contributed by atoms with Gasteiger partial charge in [0.2, 0.25) is 0 Å². The fourth-order valence-corrected chi connectivity index (χ4v) is 3.34. The highest BCUT2D eigenvalue weighted by atomic mass is 32.2. The number of esters is 1. The number of sulfone groups is 1. The Balaban J connectivity index is 2.18. The van der Waals surface area contributed by atoms with Crippen LogP contribution in [0.1, 0.15) is 41.0 Å². The fourth-order valence-electron chi connectivity index (χ4n) is 2.25. The summed E-state index contributed by atoms with van der Waals surface area (Å²) < 4.78 is 29.3. The second kappa shape index (κ2) is 8.62. The zero-order valence-corrected chi connectivity index (χ0v) is 15.5. The van der Waals surface area contributed by atoms with Crippen LogP contribution in [0.25, 0.3) is 0 Å². The summed E-state index contributed by atoms with van der Waals surface area (Å²) >= 11 is 0. The van der Waals surface area contributed by atoms with E-state index < -0.39 is 21.7 Å². The van der Waals surface area contributed by atoms with E-state index in [1.54, 1.807) is 36.4 Å². The molecule has 0 aliphatic rings. The molecule has 0 aromatic heterocycles. The second-order valence-electron chi connectivity index (χ2n) is 5.57. The van der Waals surface area contributed by atoms with E-state index in [1.807, 2.05) is 6.92 Å². The van der Waals surface area contributed by atoms with Gasteiger partial charge in [-0.1, -0.05) is 26.0 Å². The van der Waals surface area contributed by atoms with Crippen molar-refractivity contribution in [3.8, 4) is 0 Å². The SMILES string of the molecule is CCCOC(=O)c1ccc(NC(=O)c2ccccc2S(=O)(=O)CC)cc1. The number of nitrogens with one attached hydrogen (secondary N) is 1. The lowest BCUT2D eigenvalue weighted by Crippen LogP contribution is -2.17. The number of benzene rings is 2. The quantitative estimate of drug-likeness (QED) is 0.750. The van der Waals surface area contributed by atoms with Gasteiger partial charge in [0.15, 0.2) is 9.84 Å². The molecule has 2 aromatic rings. The highest BCUT2D eigenvalue weighted by Gasteiger charge is 2.20. The van der Waals surface area contributed by atoms with Crippen molar-refractivity contribution >= 4 is 27.4 Å². The van der Waals surface area contributed by atoms with Gasteiger partial charge in [-0.15, -0.1) is 0 Å². The average Bonchev–Trinajstić information content (AvgIpc) is 2.66. The van der Waals surface area contributed by atoms with Crippen molar-refractivity contribution in [3.63, 3.8) is 0 Å². The third kappa shape index (κ3) is 4.70. The van der Waals surface area contributed by atoms with Crippen molar-refractivity contribution in [2.45, 2.75) is 25.2 Å². The minimum Gasteiger partial charge on any atom is -0.462 e. The lowest BCUT2D eigenvalue weighted by atomic mass is 10.2. The van der Waals surface area contributed by atoms with Gasteiger partial charge in [0.1, 0.15) is 0 Å². The zero-order chi connectivity index (χ0) is 19.2. The molecule has 0 atom stereocenters. The molecule has 0 radical (unpaired) electrons. The molecule has 138 valence electrons. The molecule has 2 rings (SSSR count). The Kier molecular flexibility index (Phi) is 6.52. The van der Waals surface area contributed by atoms with Gasteiger partial charge in [-0.25, -0.2) is 13.2 Å². The topological polar surface area (TPSA) is 89.5 Å². The first-order valence-corrected chi connectivity index (χ1v) is 9.94. The first-order valence-electron chi connectivity index (χ1n) is 8.29. The van der Waals surface area contributed by atoms with Gasteiger partial charge >= 0.3 is 5.97 Å². The summed E-state index contributed by atoms with van der Waals surface area (Å²) in [5.41, 5.74) is 0.914. The summed E-state index contributed by atoms with van der Waals surface area (Å²) in [6.45, 7) is 3.78. The Labute approximate surface area is 153 Å². The van der Waals surface area contributed by atoms with E-state index in [9.17, 15) is 18.0 Å². The van der Waals surface area contributed by atoms with E-state index in [-0.39, 0.29) is 16.2 Å². The molecule has 0 aliphatic heterocycles. The number of anilines is 1. The molecule has 0 heterocycles. The van der Waals surface area contributed by atoms with Crippen LogP contribution in [0.4, 0.5) is 5.69 Å². The monoisotopic (exact) mass is 375 g/mol. The van der Waals surface area contributed by atoms with Gasteiger partial charge in [0.25, 0.3) is 5.91 Å². The summed E-state index contributed by atoms with van der Waals surface area (Å²) in [6.07, 6.45) is 0.736. The van der Waals surface area contributed by atoms with Crippen LogP contribution in [0.5, 0.6) is 0 Å². The first kappa shape index (κ1) is 19.7. The van der Waals surface area contributed by atoms with E-state index in [0.29, 0.717) is 17.9 Å². The number of rotatable bonds is 7. The molecule has 0 aliphatic carbocycles. The van der Waals surface area contributed by atoms with E-state index >= 15 is 0 Å². The van der Waals surface area contributed by atoms with E-state index in [4.69, 9.17) is 4.74 Å². The van der Waals surface area contributed by atoms with Crippen molar-refractivity contribution in [3.05, 3.63) is 59.7 Å². The van der Waals surface area contributed by atoms with Crippen LogP contribution in [-0.4, -0.2) is 32.7 Å². The lowest BCUT2D eigenvalue weighted by Gasteiger charge is -2.10. The predicted molar refractivity (Wildman–Crippen MR) is 99.1 cm³/mol. The van der Waals surface area contributed by atoms with Crippen LogP contribution in [-0.2, 0) is 14.6 Å². The maximum Gasteiger partial charge on any atom is 0.338 e. The molecule has 1 amide bonds. The minimum atomic E-state index is -3.52. The number of hydrogen-bond acceptors (Lipinski definition) is 5. The summed E-state index contributed by atoms with van der Waals surface area (Å²) in [7, 11) is -3.52. The normalized spacial score (nSPS) is 11.0. The minimum absolute atomic E-state index is 0.000219. The van der Waals surface area contributed by atoms with E-state index in [1.165, 1.54) is 19.1 Å². The maximum absolute atomic E-state index is 12.5. The molecule has 1 N–H and O–H groups in total. The Morgan fingerprint density at radius 2 is 1.65 bits per heavy atom. The Morgan fingerprint density at radius 3 is 2.27 bits per heavy atom. The van der Waals surface area contributed by atoms with Crippen LogP contribution in [0, 0.1) is 0 Å². The Bertz CT molecular complexity index is 888. The van der Waals surface area contributed by atoms with Gasteiger partial charge < -0.3 is 10.1 Å². The average molecular weight is 375 g/mol. The third-order valence-electron chi connectivity index (χ3n) is 3.66. The molecular formula is C19H21NO5S. The van der Waals surface area contributed by atoms with E-state index in [0.717, 1.165) is 6.42 Å². The van der Waals surface area contributed by atoms with Gasteiger partial charge in [0, 0.05) is 5.69 Å². The molecule has 7 heteroatoms. The molecule has 2 aromatic carbocycles. The van der Waals surface area contributed by atoms with Crippen molar-refractivity contribution in [2.24, 2.45) is 0 Å². The largest absolute Gasteiger partial charge is 0.462 e. The second-order valence-corrected chi connectivity index (χ2v) is 7.81. The zero-order valence-electron chi connectivity index (χ0n) is 14.7. The van der Waals surface area contributed by atoms with Crippen LogP contribution >= 0.6 is 0 Å². The summed E-state index contributed by atoms with van der Waals surface area (Å²) in [5.74, 6) is -1.05. The van der Waals surface area contributed by atoms with Crippen molar-refractivity contribution < 1.29 is 22.7 Å². The fraction of sp³-hybridized carbons (Fsp3) is 0.263. The van der Waals surface area contributed by atoms with Gasteiger partial charge in [-0.3, -0.25) is 4.79 Å². The lowest BCUT2D eigenvalue weighted by molar-refractivity contribution is 0.0505. The Hall–Kier alpha value is -2.67. The maximum atomic E-state index is 12.5. The van der Waals surface area contributed by atoms with Gasteiger partial charge in [0.05, 0.1) is 28.4 Å². The molecule has 0 saturated heterocycles. The summed E-state index contributed by atoms with van der Waals surface area (Å²) in [6, 6.07) is 12.3. The van der Waals surface area contributed by atoms with Gasteiger partial charge in [-0.05, 0) is 42.8 Å². The van der Waals surface area contributed by atoms with Crippen LogP contribution in [0.3, 0.4) is 0 Å². The number of carbonyl (C=O) groups excluding carboxylic acids is 2. The van der Waals surface area contributed by atoms with Crippen LogP contribution < -0.4 is 5.32 Å². The summed E-state index contributed by atoms with van der Waals surface area (Å²) in [4.78, 5) is 24.3. The van der Waals surface area contributed by atoms with Crippen molar-refractivity contribution in [1.29, 1.82) is 0 Å². The molecule has 0 unspecified atom stereocenters. The highest BCUT2D eigenvalue weighted by molar-refractivity contribution is 7.91. The third-order valence-corrected chi connectivity index (χ3v) is 5.45. The smallest absolute Gasteiger partial charge is 0.338 e. The van der Waals surface area contributed by atoms with E-state index in [2.05, 4.69) is 5.32 Å². The standard InChI is InChI=1S/C19H21NO5S/c1-3-13-25-19(22)14-9-11-15(12-10-14)20-18(21)16-7-5-6-8-17(16)26(23,24)4-2/h5-12H,3-4,13H2,1-2H3,(H,20,21). The number of ether oxygens (including phenoxy) is 1. The molecule has 0 fully saturated rings. The van der Waals surface area contributed by atoms with Gasteiger partial charge in [-0.2, -0.15) is 0 Å². The van der Waals surface area contributed by atoms with Crippen LogP contribution in [0.2, 0.25) is 0 Å². The predicted octanol–water partition coefficient (Wildman–Crippen LogP) is 3.30. The summed E-state index contributed by atoms with van der Waals surface area (Å²) in [5, 5.41) is 2.65. The molecular weight excluding hydrogens is 354 g/mol. The molecule has 0 spiro atoms. The molecule has 26 heavy (non-hydrogen) atoms. The van der Waals surface area contributed by atoms with Crippen LogP contribution in [0.15, 0.2) is 53.4 Å². The number of carbonyl (C=O) groups is 2. The van der Waals surface area contributed by atoms with Crippen molar-refractivity contribution in [2.75, 3.05) is 17.7 Å². The molecule has 0 saturated carbocycles. The highest BCUT2D eigenvalue weighted by Crippen LogP contribution is 2.19.